The third-order valence-corrected chi connectivity index (χ3v) is 3.62. The first kappa shape index (κ1) is 16.1. The van der Waals surface area contributed by atoms with Crippen LogP contribution in [0.15, 0.2) is 0 Å². The summed E-state index contributed by atoms with van der Waals surface area (Å²) in [4.78, 5) is 0. The highest BCUT2D eigenvalue weighted by molar-refractivity contribution is 8.00. The monoisotopic (exact) mass is 259 g/mol. The lowest BCUT2D eigenvalue weighted by Crippen LogP contribution is -2.37. The Morgan fingerprint density at radius 2 is 1.75 bits per heavy atom. The standard InChI is InChI=1S/C10H20F3NOS/c1-3-9(4-2,8-15)7-14-5-6-16-10(11,12)13/h14-15H,3-8H2,1-2H3. The Labute approximate surface area is 99.0 Å². The molecule has 0 spiro atoms. The van der Waals surface area contributed by atoms with Gasteiger partial charge in [0.1, 0.15) is 0 Å². The number of hydrogen-bond acceptors (Lipinski definition) is 3. The van der Waals surface area contributed by atoms with Crippen LogP contribution < -0.4 is 5.32 Å². The van der Waals surface area contributed by atoms with Crippen molar-refractivity contribution in [3.05, 3.63) is 0 Å². The summed E-state index contributed by atoms with van der Waals surface area (Å²) in [5.74, 6) is 0.0123. The van der Waals surface area contributed by atoms with Gasteiger partial charge in [0.25, 0.3) is 0 Å². The lowest BCUT2D eigenvalue weighted by atomic mass is 9.83. The van der Waals surface area contributed by atoms with Crippen molar-refractivity contribution >= 4 is 11.8 Å². The van der Waals surface area contributed by atoms with Crippen LogP contribution in [0.25, 0.3) is 0 Å². The molecule has 0 aromatic carbocycles. The normalized spacial score (nSPS) is 13.1. The van der Waals surface area contributed by atoms with Crippen molar-refractivity contribution < 1.29 is 18.3 Å². The van der Waals surface area contributed by atoms with Crippen LogP contribution >= 0.6 is 11.8 Å². The third kappa shape index (κ3) is 6.60. The molecule has 2 N–H and O–H groups in total. The van der Waals surface area contributed by atoms with Crippen LogP contribution in [0.4, 0.5) is 13.2 Å². The summed E-state index contributed by atoms with van der Waals surface area (Å²) in [5.41, 5.74) is -4.34. The molecule has 0 bridgehead atoms. The van der Waals surface area contributed by atoms with Crippen molar-refractivity contribution in [2.45, 2.75) is 32.2 Å². The number of hydrogen-bond donors (Lipinski definition) is 2. The highest BCUT2D eigenvalue weighted by Gasteiger charge is 2.28. The van der Waals surface area contributed by atoms with Crippen LogP contribution in [0.1, 0.15) is 26.7 Å². The number of aliphatic hydroxyl groups excluding tert-OH is 1. The fourth-order valence-corrected chi connectivity index (χ4v) is 1.85. The van der Waals surface area contributed by atoms with Crippen LogP contribution in [0.5, 0.6) is 0 Å². The van der Waals surface area contributed by atoms with E-state index in [0.717, 1.165) is 12.8 Å². The molecule has 6 heteroatoms. The summed E-state index contributed by atoms with van der Waals surface area (Å²) in [6.07, 6.45) is 1.64. The van der Waals surface area contributed by atoms with Crippen molar-refractivity contribution in [2.24, 2.45) is 5.41 Å². The van der Waals surface area contributed by atoms with E-state index in [1.54, 1.807) is 0 Å². The Bertz CT molecular complexity index is 175. The van der Waals surface area contributed by atoms with Gasteiger partial charge in [0, 0.05) is 30.9 Å². The minimum Gasteiger partial charge on any atom is -0.396 e. The first-order valence-electron chi connectivity index (χ1n) is 5.41. The minimum absolute atomic E-state index is 0.0123. The topological polar surface area (TPSA) is 32.3 Å². The quantitative estimate of drug-likeness (QED) is 0.657. The van der Waals surface area contributed by atoms with Crippen LogP contribution in [-0.2, 0) is 0 Å². The largest absolute Gasteiger partial charge is 0.441 e. The van der Waals surface area contributed by atoms with E-state index in [1.165, 1.54) is 0 Å². The van der Waals surface area contributed by atoms with Gasteiger partial charge in [-0.05, 0) is 24.6 Å². The Balaban J connectivity index is 3.71. The molecule has 2 nitrogen and oxygen atoms in total. The fraction of sp³-hybridized carbons (Fsp3) is 1.00. The van der Waals surface area contributed by atoms with Crippen LogP contribution in [-0.4, -0.2) is 36.1 Å². The Morgan fingerprint density at radius 3 is 2.12 bits per heavy atom. The maximum Gasteiger partial charge on any atom is 0.441 e. The molecule has 0 rings (SSSR count). The van der Waals surface area contributed by atoms with E-state index in [2.05, 4.69) is 5.32 Å². The van der Waals surface area contributed by atoms with Crippen molar-refractivity contribution in [3.8, 4) is 0 Å². The van der Waals surface area contributed by atoms with E-state index in [9.17, 15) is 18.3 Å². The van der Waals surface area contributed by atoms with E-state index >= 15 is 0 Å². The average Bonchev–Trinajstić information content (AvgIpc) is 2.23. The van der Waals surface area contributed by atoms with Crippen LogP contribution in [0.2, 0.25) is 0 Å². The molecule has 0 fully saturated rings. The molecule has 0 aliphatic heterocycles. The summed E-state index contributed by atoms with van der Waals surface area (Å²) in [7, 11) is 0. The van der Waals surface area contributed by atoms with Gasteiger partial charge in [0.2, 0.25) is 0 Å². The molecule has 0 amide bonds. The highest BCUT2D eigenvalue weighted by Crippen LogP contribution is 2.29. The molecule has 0 saturated heterocycles. The van der Waals surface area contributed by atoms with E-state index in [4.69, 9.17) is 0 Å². The number of nitrogens with one attached hydrogen (secondary N) is 1. The minimum atomic E-state index is -4.15. The second kappa shape index (κ2) is 7.40. The van der Waals surface area contributed by atoms with Crippen molar-refractivity contribution in [1.82, 2.24) is 5.32 Å². The van der Waals surface area contributed by atoms with Crippen molar-refractivity contribution in [1.29, 1.82) is 0 Å². The fourth-order valence-electron chi connectivity index (χ4n) is 1.37. The lowest BCUT2D eigenvalue weighted by molar-refractivity contribution is -0.0327. The zero-order valence-corrected chi connectivity index (χ0v) is 10.5. The van der Waals surface area contributed by atoms with E-state index < -0.39 is 5.51 Å². The molecule has 0 aliphatic carbocycles. The van der Waals surface area contributed by atoms with Gasteiger partial charge in [-0.1, -0.05) is 13.8 Å². The number of aliphatic hydroxyl groups is 1. The zero-order chi connectivity index (χ0) is 12.7. The van der Waals surface area contributed by atoms with Gasteiger partial charge in [0.05, 0.1) is 0 Å². The molecule has 98 valence electrons. The number of thioether (sulfide) groups is 1. The summed E-state index contributed by atoms with van der Waals surface area (Å²) >= 11 is -0.0181. The second-order valence-corrected chi connectivity index (χ2v) is 5.00. The smallest absolute Gasteiger partial charge is 0.396 e. The van der Waals surface area contributed by atoms with Gasteiger partial charge in [0.15, 0.2) is 0 Å². The predicted molar refractivity (Wildman–Crippen MR) is 61.5 cm³/mol. The lowest BCUT2D eigenvalue weighted by Gasteiger charge is -2.29. The first-order valence-corrected chi connectivity index (χ1v) is 6.40. The Hall–Kier alpha value is 0.0600. The van der Waals surface area contributed by atoms with Gasteiger partial charge in [-0.3, -0.25) is 0 Å². The molecule has 0 heterocycles. The average molecular weight is 259 g/mol. The van der Waals surface area contributed by atoms with Gasteiger partial charge < -0.3 is 10.4 Å². The highest BCUT2D eigenvalue weighted by atomic mass is 32.2. The number of alkyl halides is 3. The molecule has 0 atom stereocenters. The predicted octanol–water partition coefficient (Wildman–Crippen LogP) is 2.63. The number of halogens is 3. The molecular formula is C10H20F3NOS. The van der Waals surface area contributed by atoms with Gasteiger partial charge >= 0.3 is 5.51 Å². The van der Waals surface area contributed by atoms with Gasteiger partial charge in [-0.2, -0.15) is 13.2 Å². The van der Waals surface area contributed by atoms with Crippen LogP contribution in [0, 0.1) is 5.41 Å². The number of rotatable bonds is 8. The van der Waals surface area contributed by atoms with Gasteiger partial charge in [-0.15, -0.1) is 0 Å². The molecule has 16 heavy (non-hydrogen) atoms. The van der Waals surface area contributed by atoms with E-state index in [1.807, 2.05) is 13.8 Å². The summed E-state index contributed by atoms with van der Waals surface area (Å²) < 4.78 is 35.4. The molecule has 0 aromatic rings. The van der Waals surface area contributed by atoms with E-state index in [-0.39, 0.29) is 29.5 Å². The Kier molecular flexibility index (Phi) is 7.43. The summed E-state index contributed by atoms with van der Waals surface area (Å²) in [6.45, 7) is 4.90. The maximum absolute atomic E-state index is 11.8. The second-order valence-electron chi connectivity index (χ2n) is 3.84. The molecule has 0 saturated carbocycles. The van der Waals surface area contributed by atoms with Gasteiger partial charge in [-0.25, -0.2) is 0 Å². The molecule has 0 radical (unpaired) electrons. The maximum atomic E-state index is 11.8. The first-order chi connectivity index (χ1) is 7.39. The van der Waals surface area contributed by atoms with Crippen molar-refractivity contribution in [2.75, 3.05) is 25.4 Å². The van der Waals surface area contributed by atoms with Crippen LogP contribution in [0.3, 0.4) is 0 Å². The molecule has 0 aromatic heterocycles. The Morgan fingerprint density at radius 1 is 1.19 bits per heavy atom. The SMILES string of the molecule is CCC(CC)(CO)CNCCSC(F)(F)F. The molecular weight excluding hydrogens is 239 g/mol. The molecule has 0 aliphatic rings. The van der Waals surface area contributed by atoms with E-state index in [0.29, 0.717) is 13.1 Å². The zero-order valence-electron chi connectivity index (χ0n) is 9.73. The third-order valence-electron chi connectivity index (χ3n) is 2.88. The molecule has 0 unspecified atom stereocenters. The summed E-state index contributed by atoms with van der Waals surface area (Å²) in [6, 6.07) is 0. The van der Waals surface area contributed by atoms with Crippen molar-refractivity contribution in [3.63, 3.8) is 0 Å². The summed E-state index contributed by atoms with van der Waals surface area (Å²) in [5, 5.41) is 12.2.